The molecule has 0 aliphatic rings. The second kappa shape index (κ2) is 8.15. The molecule has 0 spiro atoms. The molecule has 1 aromatic rings. The smallest absolute Gasteiger partial charge is 0.0681 e. The van der Waals surface area contributed by atoms with Crippen molar-refractivity contribution in [3.05, 3.63) is 29.3 Å². The SMILES string of the molecule is COCCN(c1ccc(CO)cc1C)C(C)COC. The van der Waals surface area contributed by atoms with Crippen LogP contribution in [0.3, 0.4) is 0 Å². The summed E-state index contributed by atoms with van der Waals surface area (Å²) in [6.07, 6.45) is 0. The van der Waals surface area contributed by atoms with Gasteiger partial charge in [0.15, 0.2) is 0 Å². The fourth-order valence-electron chi connectivity index (χ4n) is 2.24. The molecular formula is C15H25NO3. The largest absolute Gasteiger partial charge is 0.392 e. The Balaban J connectivity index is 2.95. The van der Waals surface area contributed by atoms with Crippen LogP contribution in [0.4, 0.5) is 5.69 Å². The molecular weight excluding hydrogens is 242 g/mol. The number of aliphatic hydroxyl groups excluding tert-OH is 1. The number of nitrogens with zero attached hydrogens (tertiary/aromatic N) is 1. The van der Waals surface area contributed by atoms with Crippen LogP contribution in [0, 0.1) is 6.92 Å². The molecule has 1 aromatic carbocycles. The van der Waals surface area contributed by atoms with E-state index in [4.69, 9.17) is 9.47 Å². The van der Waals surface area contributed by atoms with Crippen molar-refractivity contribution in [2.45, 2.75) is 26.5 Å². The Morgan fingerprint density at radius 2 is 2.00 bits per heavy atom. The predicted octanol–water partition coefficient (Wildman–Crippen LogP) is 1.98. The Bertz CT molecular complexity index is 382. The van der Waals surface area contributed by atoms with E-state index in [0.717, 1.165) is 17.7 Å². The highest BCUT2D eigenvalue weighted by Crippen LogP contribution is 2.23. The van der Waals surface area contributed by atoms with Gasteiger partial charge in [-0.25, -0.2) is 0 Å². The van der Waals surface area contributed by atoms with E-state index in [1.165, 1.54) is 5.69 Å². The standard InChI is InChI=1S/C15H25NO3/c1-12-9-14(10-17)5-6-15(12)16(7-8-18-3)13(2)11-19-4/h5-6,9,13,17H,7-8,10-11H2,1-4H3. The maximum absolute atomic E-state index is 9.17. The van der Waals surface area contributed by atoms with Crippen LogP contribution in [-0.4, -0.2) is 45.1 Å². The molecule has 0 heterocycles. The minimum absolute atomic E-state index is 0.0762. The summed E-state index contributed by atoms with van der Waals surface area (Å²) in [4.78, 5) is 2.28. The first-order valence-corrected chi connectivity index (χ1v) is 6.59. The quantitative estimate of drug-likeness (QED) is 0.782. The molecule has 0 radical (unpaired) electrons. The van der Waals surface area contributed by atoms with Crippen molar-refractivity contribution in [2.24, 2.45) is 0 Å². The summed E-state index contributed by atoms with van der Waals surface area (Å²) in [6.45, 7) is 6.44. The van der Waals surface area contributed by atoms with Gasteiger partial charge in [-0.2, -0.15) is 0 Å². The lowest BCUT2D eigenvalue weighted by atomic mass is 10.1. The normalized spacial score (nSPS) is 12.5. The van der Waals surface area contributed by atoms with Gasteiger partial charge in [0.25, 0.3) is 0 Å². The van der Waals surface area contributed by atoms with Crippen LogP contribution < -0.4 is 4.90 Å². The molecule has 1 rings (SSSR count). The zero-order valence-electron chi connectivity index (χ0n) is 12.3. The predicted molar refractivity (Wildman–Crippen MR) is 77.7 cm³/mol. The van der Waals surface area contributed by atoms with Crippen molar-refractivity contribution in [3.63, 3.8) is 0 Å². The number of aryl methyl sites for hydroxylation is 1. The molecule has 0 aliphatic heterocycles. The number of rotatable bonds is 8. The molecule has 19 heavy (non-hydrogen) atoms. The first-order valence-electron chi connectivity index (χ1n) is 6.59. The lowest BCUT2D eigenvalue weighted by molar-refractivity contribution is 0.171. The van der Waals surface area contributed by atoms with E-state index >= 15 is 0 Å². The van der Waals surface area contributed by atoms with Crippen LogP contribution in [0.5, 0.6) is 0 Å². The van der Waals surface area contributed by atoms with Gasteiger partial charge in [0.05, 0.1) is 19.8 Å². The summed E-state index contributed by atoms with van der Waals surface area (Å²) in [6, 6.07) is 6.32. The van der Waals surface area contributed by atoms with E-state index in [1.54, 1.807) is 14.2 Å². The van der Waals surface area contributed by atoms with Gasteiger partial charge < -0.3 is 19.5 Å². The van der Waals surface area contributed by atoms with E-state index in [-0.39, 0.29) is 12.6 Å². The first kappa shape index (κ1) is 16.0. The summed E-state index contributed by atoms with van der Waals surface area (Å²) < 4.78 is 10.4. The highest BCUT2D eigenvalue weighted by Gasteiger charge is 2.16. The van der Waals surface area contributed by atoms with Crippen molar-refractivity contribution in [3.8, 4) is 0 Å². The van der Waals surface area contributed by atoms with Crippen molar-refractivity contribution in [1.29, 1.82) is 0 Å². The molecule has 1 atom stereocenters. The lowest BCUT2D eigenvalue weighted by Crippen LogP contribution is -2.39. The summed E-state index contributed by atoms with van der Waals surface area (Å²) in [5, 5.41) is 9.17. The number of aliphatic hydroxyl groups is 1. The lowest BCUT2D eigenvalue weighted by Gasteiger charge is -2.32. The van der Waals surface area contributed by atoms with Crippen molar-refractivity contribution >= 4 is 5.69 Å². The minimum atomic E-state index is 0.0762. The van der Waals surface area contributed by atoms with Crippen LogP contribution in [0.2, 0.25) is 0 Å². The molecule has 4 heteroatoms. The van der Waals surface area contributed by atoms with Gasteiger partial charge in [-0.1, -0.05) is 12.1 Å². The van der Waals surface area contributed by atoms with Crippen molar-refractivity contribution < 1.29 is 14.6 Å². The second-order valence-electron chi connectivity index (χ2n) is 4.77. The molecule has 1 N–H and O–H groups in total. The number of hydrogen-bond donors (Lipinski definition) is 1. The monoisotopic (exact) mass is 267 g/mol. The summed E-state index contributed by atoms with van der Waals surface area (Å²) in [7, 11) is 3.42. The topological polar surface area (TPSA) is 41.9 Å². The fourth-order valence-corrected chi connectivity index (χ4v) is 2.24. The van der Waals surface area contributed by atoms with E-state index in [2.05, 4.69) is 24.8 Å². The van der Waals surface area contributed by atoms with E-state index in [1.807, 2.05) is 12.1 Å². The van der Waals surface area contributed by atoms with Gasteiger partial charge in [-0.05, 0) is 31.0 Å². The Hall–Kier alpha value is -1.10. The molecule has 0 fully saturated rings. The number of ether oxygens (including phenoxy) is 2. The molecule has 0 bridgehead atoms. The van der Waals surface area contributed by atoms with Gasteiger partial charge in [0, 0.05) is 32.5 Å². The second-order valence-corrected chi connectivity index (χ2v) is 4.77. The first-order chi connectivity index (χ1) is 9.13. The zero-order chi connectivity index (χ0) is 14.3. The maximum Gasteiger partial charge on any atom is 0.0681 e. The Morgan fingerprint density at radius 3 is 2.53 bits per heavy atom. The molecule has 0 saturated carbocycles. The third kappa shape index (κ3) is 4.49. The van der Waals surface area contributed by atoms with Gasteiger partial charge in [0.2, 0.25) is 0 Å². The summed E-state index contributed by atoms with van der Waals surface area (Å²) in [5.41, 5.74) is 3.26. The molecule has 0 amide bonds. The summed E-state index contributed by atoms with van der Waals surface area (Å²) >= 11 is 0. The third-order valence-corrected chi connectivity index (χ3v) is 3.23. The van der Waals surface area contributed by atoms with Gasteiger partial charge >= 0.3 is 0 Å². The minimum Gasteiger partial charge on any atom is -0.392 e. The highest BCUT2D eigenvalue weighted by molar-refractivity contribution is 5.55. The number of anilines is 1. The number of methoxy groups -OCH3 is 2. The van der Waals surface area contributed by atoms with Crippen LogP contribution in [0.15, 0.2) is 18.2 Å². The zero-order valence-corrected chi connectivity index (χ0v) is 12.3. The van der Waals surface area contributed by atoms with Gasteiger partial charge in [0.1, 0.15) is 0 Å². The average Bonchev–Trinajstić information content (AvgIpc) is 2.40. The molecule has 108 valence electrons. The highest BCUT2D eigenvalue weighted by atomic mass is 16.5. The Labute approximate surface area is 115 Å². The number of benzene rings is 1. The Morgan fingerprint density at radius 1 is 1.26 bits per heavy atom. The van der Waals surface area contributed by atoms with Crippen molar-refractivity contribution in [2.75, 3.05) is 38.9 Å². The van der Waals surface area contributed by atoms with Gasteiger partial charge in [-0.3, -0.25) is 0 Å². The van der Waals surface area contributed by atoms with E-state index in [0.29, 0.717) is 13.2 Å². The molecule has 0 aromatic heterocycles. The third-order valence-electron chi connectivity index (χ3n) is 3.23. The van der Waals surface area contributed by atoms with E-state index < -0.39 is 0 Å². The molecule has 0 aliphatic carbocycles. The molecule has 4 nitrogen and oxygen atoms in total. The Kier molecular flexibility index (Phi) is 6.84. The molecule has 0 saturated heterocycles. The van der Waals surface area contributed by atoms with Crippen molar-refractivity contribution in [1.82, 2.24) is 0 Å². The van der Waals surface area contributed by atoms with Crippen LogP contribution in [-0.2, 0) is 16.1 Å². The van der Waals surface area contributed by atoms with Crippen LogP contribution >= 0.6 is 0 Å². The fraction of sp³-hybridized carbons (Fsp3) is 0.600. The van der Waals surface area contributed by atoms with Crippen LogP contribution in [0.25, 0.3) is 0 Å². The maximum atomic E-state index is 9.17. The summed E-state index contributed by atoms with van der Waals surface area (Å²) in [5.74, 6) is 0. The number of hydrogen-bond acceptors (Lipinski definition) is 4. The molecule has 1 unspecified atom stereocenters. The van der Waals surface area contributed by atoms with Gasteiger partial charge in [-0.15, -0.1) is 0 Å². The van der Waals surface area contributed by atoms with Crippen LogP contribution in [0.1, 0.15) is 18.1 Å². The average molecular weight is 267 g/mol. The van der Waals surface area contributed by atoms with E-state index in [9.17, 15) is 5.11 Å².